The molecule has 1 aliphatic heterocycles. The fraction of sp³-hybridized carbons (Fsp3) is 0.450. The Kier molecular flexibility index (Phi) is 5.78. The zero-order valence-corrected chi connectivity index (χ0v) is 16.3. The summed E-state index contributed by atoms with van der Waals surface area (Å²) in [7, 11) is 3.28. The van der Waals surface area contributed by atoms with Gasteiger partial charge >= 0.3 is 0 Å². The number of carbonyl (C=O) groups excluding carboxylic acids is 1. The number of rotatable bonds is 6. The summed E-state index contributed by atoms with van der Waals surface area (Å²) >= 11 is 0. The minimum atomic E-state index is -0.191. The second-order valence-electron chi connectivity index (χ2n) is 7.01. The molecule has 0 saturated carbocycles. The van der Waals surface area contributed by atoms with Crippen molar-refractivity contribution in [2.75, 3.05) is 32.2 Å². The van der Waals surface area contributed by atoms with Crippen LogP contribution in [0.4, 0.5) is 5.82 Å². The molecule has 0 aliphatic carbocycles. The van der Waals surface area contributed by atoms with Crippen LogP contribution in [-0.2, 0) is 13.0 Å². The Morgan fingerprint density at radius 3 is 2.44 bits per heavy atom. The van der Waals surface area contributed by atoms with Crippen molar-refractivity contribution in [2.45, 2.75) is 26.8 Å². The molecular weight excluding hydrogens is 344 g/mol. The van der Waals surface area contributed by atoms with Crippen LogP contribution in [0.15, 0.2) is 24.5 Å². The normalized spacial score (nSPS) is 13.3. The van der Waals surface area contributed by atoms with Gasteiger partial charge in [-0.2, -0.15) is 0 Å². The van der Waals surface area contributed by atoms with Crippen LogP contribution in [0.5, 0.6) is 11.5 Å². The molecule has 2 aromatic rings. The molecule has 0 atom stereocenters. The van der Waals surface area contributed by atoms with Crippen LogP contribution in [0.3, 0.4) is 0 Å². The predicted octanol–water partition coefficient (Wildman–Crippen LogP) is 2.44. The van der Waals surface area contributed by atoms with Gasteiger partial charge in [-0.15, -0.1) is 0 Å². The van der Waals surface area contributed by atoms with E-state index in [2.05, 4.69) is 20.2 Å². The fourth-order valence-corrected chi connectivity index (χ4v) is 3.07. The van der Waals surface area contributed by atoms with Crippen molar-refractivity contribution in [3.05, 3.63) is 41.3 Å². The number of amides is 1. The first-order valence-corrected chi connectivity index (χ1v) is 9.10. The van der Waals surface area contributed by atoms with Crippen molar-refractivity contribution < 1.29 is 14.3 Å². The lowest BCUT2D eigenvalue weighted by molar-refractivity contribution is 0.0943. The first kappa shape index (κ1) is 18.9. The summed E-state index contributed by atoms with van der Waals surface area (Å²) < 4.78 is 10.8. The molecule has 0 spiro atoms. The van der Waals surface area contributed by atoms with Gasteiger partial charge < -0.3 is 19.7 Å². The average molecular weight is 370 g/mol. The molecule has 7 nitrogen and oxygen atoms in total. The van der Waals surface area contributed by atoms with Crippen LogP contribution in [0.25, 0.3) is 0 Å². The van der Waals surface area contributed by atoms with Crippen molar-refractivity contribution in [1.29, 1.82) is 0 Å². The summed E-state index contributed by atoms with van der Waals surface area (Å²) in [6, 6.07) is 4.06. The number of carbonyl (C=O) groups is 1. The lowest BCUT2D eigenvalue weighted by Crippen LogP contribution is -2.32. The zero-order valence-electron chi connectivity index (χ0n) is 16.3. The van der Waals surface area contributed by atoms with Crippen LogP contribution in [0.1, 0.15) is 35.5 Å². The minimum absolute atomic E-state index is 0.191. The van der Waals surface area contributed by atoms with Gasteiger partial charge in [-0.05, 0) is 35.6 Å². The van der Waals surface area contributed by atoms with E-state index in [9.17, 15) is 4.79 Å². The molecule has 1 N–H and O–H groups in total. The maximum Gasteiger partial charge on any atom is 0.271 e. The number of benzene rings is 1. The smallest absolute Gasteiger partial charge is 0.271 e. The lowest BCUT2D eigenvalue weighted by Gasteiger charge is -2.30. The van der Waals surface area contributed by atoms with Crippen LogP contribution in [0.2, 0.25) is 0 Å². The van der Waals surface area contributed by atoms with E-state index in [1.165, 1.54) is 17.3 Å². The van der Waals surface area contributed by atoms with Crippen LogP contribution in [-0.4, -0.2) is 43.2 Å². The molecule has 0 radical (unpaired) electrons. The van der Waals surface area contributed by atoms with Crippen molar-refractivity contribution in [3.63, 3.8) is 0 Å². The summed E-state index contributed by atoms with van der Waals surface area (Å²) in [5, 5.41) is 2.85. The molecule has 1 aliphatic rings. The van der Waals surface area contributed by atoms with Gasteiger partial charge in [-0.25, -0.2) is 9.97 Å². The van der Waals surface area contributed by atoms with Gasteiger partial charge in [0.2, 0.25) is 0 Å². The van der Waals surface area contributed by atoms with Gasteiger partial charge in [0.15, 0.2) is 11.5 Å². The SMILES string of the molecule is COc1cc2c(cc1OC)CN(c1cnc(C(=O)NCC(C)C)cn1)CC2. The van der Waals surface area contributed by atoms with Gasteiger partial charge in [0.1, 0.15) is 11.5 Å². The highest BCUT2D eigenvalue weighted by molar-refractivity contribution is 5.92. The van der Waals surface area contributed by atoms with E-state index in [-0.39, 0.29) is 5.91 Å². The highest BCUT2D eigenvalue weighted by Crippen LogP contribution is 2.34. The third-order valence-electron chi connectivity index (χ3n) is 4.58. The molecule has 27 heavy (non-hydrogen) atoms. The minimum Gasteiger partial charge on any atom is -0.493 e. The molecule has 0 bridgehead atoms. The number of nitrogens with zero attached hydrogens (tertiary/aromatic N) is 3. The van der Waals surface area contributed by atoms with Gasteiger partial charge in [-0.1, -0.05) is 13.8 Å². The summed E-state index contributed by atoms with van der Waals surface area (Å²) in [6.45, 7) is 6.26. The summed E-state index contributed by atoms with van der Waals surface area (Å²) in [5.41, 5.74) is 2.77. The van der Waals surface area contributed by atoms with Crippen LogP contribution < -0.4 is 19.7 Å². The molecule has 144 valence electrons. The van der Waals surface area contributed by atoms with E-state index in [1.807, 2.05) is 26.0 Å². The Labute approximate surface area is 159 Å². The lowest BCUT2D eigenvalue weighted by atomic mass is 9.99. The highest BCUT2D eigenvalue weighted by atomic mass is 16.5. The van der Waals surface area contributed by atoms with E-state index in [0.717, 1.165) is 30.3 Å². The van der Waals surface area contributed by atoms with Gasteiger partial charge in [0.05, 0.1) is 26.6 Å². The Hall–Kier alpha value is -2.83. The Bertz CT molecular complexity index is 806. The molecule has 2 heterocycles. The van der Waals surface area contributed by atoms with Crippen molar-refractivity contribution in [2.24, 2.45) is 5.92 Å². The van der Waals surface area contributed by atoms with E-state index < -0.39 is 0 Å². The number of methoxy groups -OCH3 is 2. The van der Waals surface area contributed by atoms with Gasteiger partial charge in [-0.3, -0.25) is 4.79 Å². The molecular formula is C20H26N4O3. The Balaban J connectivity index is 1.72. The van der Waals surface area contributed by atoms with Crippen LogP contribution in [0, 0.1) is 5.92 Å². The standard InChI is InChI=1S/C20H26N4O3/c1-13(2)9-23-20(25)16-10-22-19(11-21-16)24-6-5-14-7-17(26-3)18(27-4)8-15(14)12-24/h7-8,10-11,13H,5-6,9,12H2,1-4H3,(H,23,25). The third-order valence-corrected chi connectivity index (χ3v) is 4.58. The molecule has 1 amide bonds. The quantitative estimate of drug-likeness (QED) is 0.842. The van der Waals surface area contributed by atoms with Crippen molar-refractivity contribution in [1.82, 2.24) is 15.3 Å². The number of anilines is 1. The largest absolute Gasteiger partial charge is 0.493 e. The monoisotopic (exact) mass is 370 g/mol. The Morgan fingerprint density at radius 1 is 1.15 bits per heavy atom. The summed E-state index contributed by atoms with van der Waals surface area (Å²) in [4.78, 5) is 23.0. The van der Waals surface area contributed by atoms with E-state index in [4.69, 9.17) is 9.47 Å². The summed E-state index contributed by atoms with van der Waals surface area (Å²) in [5.74, 6) is 2.44. The zero-order chi connectivity index (χ0) is 19.4. The maximum atomic E-state index is 12.1. The number of nitrogens with one attached hydrogen (secondary N) is 1. The maximum absolute atomic E-state index is 12.1. The number of fused-ring (bicyclic) bond motifs is 1. The third kappa shape index (κ3) is 4.30. The van der Waals surface area contributed by atoms with E-state index in [1.54, 1.807) is 20.4 Å². The number of aromatic nitrogens is 2. The Morgan fingerprint density at radius 2 is 1.85 bits per heavy atom. The fourth-order valence-electron chi connectivity index (χ4n) is 3.07. The predicted molar refractivity (Wildman–Crippen MR) is 104 cm³/mol. The van der Waals surface area contributed by atoms with Crippen molar-refractivity contribution in [3.8, 4) is 11.5 Å². The van der Waals surface area contributed by atoms with Crippen molar-refractivity contribution >= 4 is 11.7 Å². The van der Waals surface area contributed by atoms with E-state index >= 15 is 0 Å². The second kappa shape index (κ2) is 8.24. The number of ether oxygens (including phenoxy) is 2. The average Bonchev–Trinajstić information content (AvgIpc) is 2.70. The molecule has 1 aromatic heterocycles. The van der Waals surface area contributed by atoms with Crippen LogP contribution >= 0.6 is 0 Å². The summed E-state index contributed by atoms with van der Waals surface area (Å²) in [6.07, 6.45) is 4.08. The highest BCUT2D eigenvalue weighted by Gasteiger charge is 2.21. The van der Waals surface area contributed by atoms with E-state index in [0.29, 0.717) is 24.7 Å². The molecule has 0 fully saturated rings. The first-order chi connectivity index (χ1) is 13.0. The molecule has 3 rings (SSSR count). The van der Waals surface area contributed by atoms with Gasteiger partial charge in [0, 0.05) is 19.6 Å². The molecule has 0 unspecified atom stereocenters. The topological polar surface area (TPSA) is 76.6 Å². The molecule has 0 saturated heterocycles. The van der Waals surface area contributed by atoms with Gasteiger partial charge in [0.25, 0.3) is 5.91 Å². The molecule has 7 heteroatoms. The second-order valence-corrected chi connectivity index (χ2v) is 7.01. The molecule has 1 aromatic carbocycles. The number of hydrogen-bond donors (Lipinski definition) is 1. The number of hydrogen-bond acceptors (Lipinski definition) is 6. The first-order valence-electron chi connectivity index (χ1n) is 9.10.